The van der Waals surface area contributed by atoms with E-state index in [1.54, 1.807) is 4.90 Å². The summed E-state index contributed by atoms with van der Waals surface area (Å²) in [5, 5.41) is 10.8. The Morgan fingerprint density at radius 1 is 0.900 bits per heavy atom. The number of amides is 1. The zero-order valence-corrected chi connectivity index (χ0v) is 17.3. The van der Waals surface area contributed by atoms with Crippen LogP contribution in [0.1, 0.15) is 34.3 Å². The molecule has 1 aliphatic carbocycles. The van der Waals surface area contributed by atoms with E-state index in [2.05, 4.69) is 0 Å². The smallest absolute Gasteiger partial charge is 0.269 e. The third-order valence-electron chi connectivity index (χ3n) is 5.81. The summed E-state index contributed by atoms with van der Waals surface area (Å²) in [6.45, 7) is 0.996. The van der Waals surface area contributed by atoms with Gasteiger partial charge in [0, 0.05) is 43.9 Å². The lowest BCUT2D eigenvalue weighted by Crippen LogP contribution is -2.50. The first-order valence-electron chi connectivity index (χ1n) is 10.0. The first-order valence-corrected chi connectivity index (χ1v) is 11.5. The van der Waals surface area contributed by atoms with Gasteiger partial charge in [0.2, 0.25) is 10.0 Å². The predicted molar refractivity (Wildman–Crippen MR) is 111 cm³/mol. The van der Waals surface area contributed by atoms with Gasteiger partial charge in [-0.05, 0) is 61.1 Å². The number of rotatable bonds is 4. The number of carbonyl (C=O) groups excluding carboxylic acids is 1. The van der Waals surface area contributed by atoms with Crippen molar-refractivity contribution in [2.45, 2.75) is 30.6 Å². The minimum Gasteiger partial charge on any atom is -0.336 e. The highest BCUT2D eigenvalue weighted by atomic mass is 32.2. The molecule has 1 heterocycles. The summed E-state index contributed by atoms with van der Waals surface area (Å²) in [6.07, 6.45) is 4.38. The van der Waals surface area contributed by atoms with E-state index in [0.717, 1.165) is 19.3 Å². The summed E-state index contributed by atoms with van der Waals surface area (Å²) in [4.78, 5) is 24.8. The van der Waals surface area contributed by atoms with Crippen molar-refractivity contribution in [1.82, 2.24) is 9.21 Å². The molecule has 0 spiro atoms. The molecule has 0 unspecified atom stereocenters. The maximum atomic E-state index is 12.9. The summed E-state index contributed by atoms with van der Waals surface area (Å²) in [6, 6.07) is 10.8. The Balaban J connectivity index is 1.43. The summed E-state index contributed by atoms with van der Waals surface area (Å²) >= 11 is 0. The second-order valence-corrected chi connectivity index (χ2v) is 9.58. The molecule has 1 aliphatic heterocycles. The van der Waals surface area contributed by atoms with E-state index in [1.807, 2.05) is 18.2 Å². The van der Waals surface area contributed by atoms with Crippen LogP contribution in [0.15, 0.2) is 47.4 Å². The number of carbonyl (C=O) groups is 1. The van der Waals surface area contributed by atoms with Crippen molar-refractivity contribution in [3.05, 3.63) is 69.3 Å². The quantitative estimate of drug-likeness (QED) is 0.549. The predicted octanol–water partition coefficient (Wildman–Crippen LogP) is 2.62. The maximum absolute atomic E-state index is 12.9. The Kier molecular flexibility index (Phi) is 5.57. The van der Waals surface area contributed by atoms with Gasteiger partial charge in [-0.15, -0.1) is 0 Å². The molecule has 8 nitrogen and oxygen atoms in total. The number of nitrogens with zero attached hydrogens (tertiary/aromatic N) is 3. The molecule has 0 radical (unpaired) electrons. The van der Waals surface area contributed by atoms with Gasteiger partial charge >= 0.3 is 0 Å². The van der Waals surface area contributed by atoms with E-state index >= 15 is 0 Å². The lowest BCUT2D eigenvalue weighted by molar-refractivity contribution is -0.384. The van der Waals surface area contributed by atoms with Crippen LogP contribution in [-0.4, -0.2) is 54.6 Å². The molecule has 2 aromatic carbocycles. The number of hydrogen-bond donors (Lipinski definition) is 0. The Bertz CT molecular complexity index is 1070. The molecule has 158 valence electrons. The van der Waals surface area contributed by atoms with Crippen LogP contribution in [0.25, 0.3) is 0 Å². The van der Waals surface area contributed by atoms with Crippen LogP contribution >= 0.6 is 0 Å². The van der Waals surface area contributed by atoms with E-state index in [1.165, 1.54) is 46.1 Å². The van der Waals surface area contributed by atoms with Crippen molar-refractivity contribution >= 4 is 21.6 Å². The molecule has 9 heteroatoms. The normalized spacial score (nSPS) is 17.4. The highest BCUT2D eigenvalue weighted by Gasteiger charge is 2.31. The number of nitro benzene ring substituents is 1. The molecule has 1 fully saturated rings. The second kappa shape index (κ2) is 8.16. The van der Waals surface area contributed by atoms with Crippen LogP contribution in [0.2, 0.25) is 0 Å². The lowest BCUT2D eigenvalue weighted by Gasteiger charge is -2.34. The molecule has 30 heavy (non-hydrogen) atoms. The van der Waals surface area contributed by atoms with E-state index in [9.17, 15) is 23.3 Å². The van der Waals surface area contributed by atoms with Gasteiger partial charge in [0.15, 0.2) is 0 Å². The molecule has 2 aliphatic rings. The van der Waals surface area contributed by atoms with E-state index < -0.39 is 14.9 Å². The number of piperazine rings is 1. The zero-order valence-electron chi connectivity index (χ0n) is 16.5. The number of nitro groups is 1. The van der Waals surface area contributed by atoms with Gasteiger partial charge < -0.3 is 4.90 Å². The Morgan fingerprint density at radius 3 is 2.17 bits per heavy atom. The number of non-ortho nitro benzene ring substituents is 1. The molecule has 0 N–H and O–H groups in total. The number of hydrogen-bond acceptors (Lipinski definition) is 5. The fourth-order valence-electron chi connectivity index (χ4n) is 4.07. The van der Waals surface area contributed by atoms with E-state index in [0.29, 0.717) is 18.7 Å². The van der Waals surface area contributed by atoms with Crippen molar-refractivity contribution < 1.29 is 18.1 Å². The number of sulfonamides is 1. The van der Waals surface area contributed by atoms with Crippen molar-refractivity contribution in [2.24, 2.45) is 0 Å². The molecule has 2 aromatic rings. The molecule has 4 rings (SSSR count). The molecule has 0 bridgehead atoms. The SMILES string of the molecule is O=C(c1ccc2c(c1)CCCC2)N1CCN(S(=O)(=O)c2ccc([N+](=O)[O-])cc2)CC1. The van der Waals surface area contributed by atoms with E-state index in [4.69, 9.17) is 0 Å². The third-order valence-corrected chi connectivity index (χ3v) is 7.72. The highest BCUT2D eigenvalue weighted by molar-refractivity contribution is 7.89. The van der Waals surface area contributed by atoms with Crippen molar-refractivity contribution in [1.29, 1.82) is 0 Å². The molecule has 1 saturated heterocycles. The van der Waals surface area contributed by atoms with Crippen molar-refractivity contribution in [3.8, 4) is 0 Å². The largest absolute Gasteiger partial charge is 0.336 e. The van der Waals surface area contributed by atoms with Crippen molar-refractivity contribution in [2.75, 3.05) is 26.2 Å². The number of aryl methyl sites for hydroxylation is 2. The Morgan fingerprint density at radius 2 is 1.53 bits per heavy atom. The number of fused-ring (bicyclic) bond motifs is 1. The van der Waals surface area contributed by atoms with Crippen LogP contribution in [0.3, 0.4) is 0 Å². The van der Waals surface area contributed by atoms with Gasteiger partial charge in [0.25, 0.3) is 11.6 Å². The van der Waals surface area contributed by atoms with Crippen LogP contribution in [0.4, 0.5) is 5.69 Å². The highest BCUT2D eigenvalue weighted by Crippen LogP contribution is 2.24. The average molecular weight is 429 g/mol. The topological polar surface area (TPSA) is 101 Å². The molecule has 1 amide bonds. The fourth-order valence-corrected chi connectivity index (χ4v) is 5.49. The molecule has 0 atom stereocenters. The van der Waals surface area contributed by atoms with Gasteiger partial charge in [-0.2, -0.15) is 4.31 Å². The third kappa shape index (κ3) is 3.95. The monoisotopic (exact) mass is 429 g/mol. The van der Waals surface area contributed by atoms with Gasteiger partial charge in [0.1, 0.15) is 0 Å². The molecule has 0 saturated carbocycles. The van der Waals surface area contributed by atoms with Crippen LogP contribution < -0.4 is 0 Å². The van der Waals surface area contributed by atoms with E-state index in [-0.39, 0.29) is 29.6 Å². The fraction of sp³-hybridized carbons (Fsp3) is 0.381. The summed E-state index contributed by atoms with van der Waals surface area (Å²) in [5.74, 6) is -0.0734. The second-order valence-electron chi connectivity index (χ2n) is 7.64. The first-order chi connectivity index (χ1) is 14.4. The van der Waals surface area contributed by atoms with Crippen LogP contribution in [0, 0.1) is 10.1 Å². The average Bonchev–Trinajstić information content (AvgIpc) is 2.78. The van der Waals surface area contributed by atoms with Gasteiger partial charge in [-0.1, -0.05) is 6.07 Å². The minimum absolute atomic E-state index is 0.0163. The Labute approximate surface area is 175 Å². The summed E-state index contributed by atoms with van der Waals surface area (Å²) in [5.41, 5.74) is 3.06. The molecule has 0 aromatic heterocycles. The van der Waals surface area contributed by atoms with Crippen LogP contribution in [0.5, 0.6) is 0 Å². The van der Waals surface area contributed by atoms with Gasteiger partial charge in [-0.3, -0.25) is 14.9 Å². The number of benzene rings is 2. The lowest BCUT2D eigenvalue weighted by atomic mass is 9.90. The standard InChI is InChI=1S/C21H23N3O5S/c25-21(18-6-5-16-3-1-2-4-17(16)15-18)22-11-13-23(14-12-22)30(28,29)20-9-7-19(8-10-20)24(26)27/h5-10,15H,1-4,11-14H2. The summed E-state index contributed by atoms with van der Waals surface area (Å²) in [7, 11) is -3.76. The van der Waals surface area contributed by atoms with Crippen molar-refractivity contribution in [3.63, 3.8) is 0 Å². The zero-order chi connectivity index (χ0) is 21.3. The minimum atomic E-state index is -3.76. The van der Waals surface area contributed by atoms with Crippen LogP contribution in [-0.2, 0) is 22.9 Å². The summed E-state index contributed by atoms with van der Waals surface area (Å²) < 4.78 is 27.0. The molecular formula is C21H23N3O5S. The maximum Gasteiger partial charge on any atom is 0.269 e. The first kappa shape index (κ1) is 20.5. The van der Waals surface area contributed by atoms with Gasteiger partial charge in [0.05, 0.1) is 9.82 Å². The Hall–Kier alpha value is -2.78. The molecular weight excluding hydrogens is 406 g/mol. The van der Waals surface area contributed by atoms with Gasteiger partial charge in [-0.25, -0.2) is 8.42 Å².